The molecule has 9 heteroatoms. The number of ether oxygens (including phenoxy) is 1. The Morgan fingerprint density at radius 3 is 2.67 bits per heavy atom. The van der Waals surface area contributed by atoms with Crippen molar-refractivity contribution in [3.05, 3.63) is 58.4 Å². The van der Waals surface area contributed by atoms with Gasteiger partial charge in [0.05, 0.1) is 35.3 Å². The van der Waals surface area contributed by atoms with E-state index in [0.717, 1.165) is 0 Å². The lowest BCUT2D eigenvalue weighted by molar-refractivity contribution is -0.116. The molecule has 0 radical (unpaired) electrons. The van der Waals surface area contributed by atoms with Crippen molar-refractivity contribution in [1.82, 2.24) is 4.90 Å². The van der Waals surface area contributed by atoms with Crippen LogP contribution in [0.2, 0.25) is 5.02 Å². The second-order valence-electron chi connectivity index (χ2n) is 6.95. The first kappa shape index (κ1) is 20.3. The van der Waals surface area contributed by atoms with Crippen LogP contribution in [0.5, 0.6) is 0 Å². The number of nitrogens with zero attached hydrogens (tertiary/aromatic N) is 3. The summed E-state index contributed by atoms with van der Waals surface area (Å²) in [6.07, 6.45) is 0. The molecule has 7 nitrogen and oxygen atoms in total. The summed E-state index contributed by atoms with van der Waals surface area (Å²) in [5.41, 5.74) is 1.76. The molecular formula is C21H20ClFN4O3. The van der Waals surface area contributed by atoms with Gasteiger partial charge in [-0.15, -0.1) is 0 Å². The molecule has 4 rings (SSSR count). The van der Waals surface area contributed by atoms with Gasteiger partial charge in [0.25, 0.3) is 0 Å². The molecule has 1 saturated heterocycles. The van der Waals surface area contributed by atoms with Gasteiger partial charge in [-0.1, -0.05) is 23.7 Å². The molecule has 2 aliphatic rings. The van der Waals surface area contributed by atoms with Gasteiger partial charge in [-0.2, -0.15) is 0 Å². The number of carbonyl (C=O) groups is 2. The van der Waals surface area contributed by atoms with Crippen molar-refractivity contribution in [3.8, 4) is 0 Å². The summed E-state index contributed by atoms with van der Waals surface area (Å²) in [5, 5.41) is 3.00. The number of urea groups is 1. The fourth-order valence-corrected chi connectivity index (χ4v) is 3.76. The molecule has 1 fully saturated rings. The number of hydrogen-bond acceptors (Lipinski definition) is 4. The molecule has 2 aromatic rings. The first-order valence-electron chi connectivity index (χ1n) is 9.50. The Balaban J connectivity index is 1.78. The third-order valence-corrected chi connectivity index (χ3v) is 5.53. The zero-order valence-corrected chi connectivity index (χ0v) is 17.1. The summed E-state index contributed by atoms with van der Waals surface area (Å²) in [6, 6.07) is 9.19. The molecule has 0 saturated carbocycles. The van der Waals surface area contributed by atoms with E-state index in [1.165, 1.54) is 11.0 Å². The lowest BCUT2D eigenvalue weighted by atomic mass is 9.99. The zero-order valence-electron chi connectivity index (χ0n) is 16.3. The summed E-state index contributed by atoms with van der Waals surface area (Å²) in [4.78, 5) is 32.5. The number of nitrogens with one attached hydrogen (secondary N) is 1. The third-order valence-electron chi connectivity index (χ3n) is 5.13. The Labute approximate surface area is 178 Å². The highest BCUT2D eigenvalue weighted by Crippen LogP contribution is 2.37. The number of amides is 3. The van der Waals surface area contributed by atoms with Crippen molar-refractivity contribution < 1.29 is 18.7 Å². The number of rotatable bonds is 2. The fourth-order valence-electron chi connectivity index (χ4n) is 3.47. The molecule has 1 N–H and O–H groups in total. The maximum Gasteiger partial charge on any atom is 0.322 e. The van der Waals surface area contributed by atoms with Gasteiger partial charge < -0.3 is 19.9 Å². The van der Waals surface area contributed by atoms with E-state index >= 15 is 0 Å². The molecule has 2 aliphatic heterocycles. The predicted molar refractivity (Wildman–Crippen MR) is 113 cm³/mol. The first-order valence-corrected chi connectivity index (χ1v) is 9.87. The number of carbonyl (C=O) groups excluding carboxylic acids is 2. The van der Waals surface area contributed by atoms with Gasteiger partial charge in [0, 0.05) is 31.3 Å². The molecule has 0 aliphatic carbocycles. The van der Waals surface area contributed by atoms with Crippen molar-refractivity contribution in [2.24, 2.45) is 4.99 Å². The second kappa shape index (κ2) is 8.41. The van der Waals surface area contributed by atoms with Crippen LogP contribution in [-0.2, 0) is 9.53 Å². The molecule has 2 aromatic carbocycles. The highest BCUT2D eigenvalue weighted by molar-refractivity contribution is 6.40. The molecule has 0 spiro atoms. The molecule has 0 unspecified atom stereocenters. The Kier molecular flexibility index (Phi) is 5.69. The Hall–Kier alpha value is -2.97. The third kappa shape index (κ3) is 3.76. The van der Waals surface area contributed by atoms with Crippen LogP contribution in [-0.4, -0.2) is 62.4 Å². The van der Waals surface area contributed by atoms with Crippen LogP contribution < -0.4 is 10.2 Å². The Bertz CT molecular complexity index is 1040. The van der Waals surface area contributed by atoms with E-state index in [0.29, 0.717) is 43.2 Å². The number of morpholine rings is 1. The van der Waals surface area contributed by atoms with E-state index in [9.17, 15) is 14.0 Å². The van der Waals surface area contributed by atoms with Crippen molar-refractivity contribution >= 4 is 40.6 Å². The minimum absolute atomic E-state index is 0.138. The van der Waals surface area contributed by atoms with Crippen LogP contribution >= 0.6 is 11.6 Å². The SMILES string of the molecule is CN1C(=O)CN=C(c2ccccc2F)c2c1ccc(NC(=O)N1CCOCC1)c2Cl. The maximum absolute atomic E-state index is 14.6. The number of hydrogen-bond donors (Lipinski definition) is 1. The fraction of sp³-hybridized carbons (Fsp3) is 0.286. The molecule has 0 atom stereocenters. The summed E-state index contributed by atoms with van der Waals surface area (Å²) in [5.74, 6) is -0.721. The van der Waals surface area contributed by atoms with Gasteiger partial charge in [0.15, 0.2) is 0 Å². The van der Waals surface area contributed by atoms with Crippen molar-refractivity contribution in [2.45, 2.75) is 0 Å². The van der Waals surface area contributed by atoms with Gasteiger partial charge in [0.1, 0.15) is 12.4 Å². The molecule has 3 amide bonds. The van der Waals surface area contributed by atoms with Gasteiger partial charge >= 0.3 is 6.03 Å². The summed E-state index contributed by atoms with van der Waals surface area (Å²) >= 11 is 6.69. The van der Waals surface area contributed by atoms with Gasteiger partial charge in [-0.05, 0) is 24.3 Å². The van der Waals surface area contributed by atoms with Crippen LogP contribution in [0.3, 0.4) is 0 Å². The number of aliphatic imine (C=N–C) groups is 1. The van der Waals surface area contributed by atoms with Crippen LogP contribution in [0.25, 0.3) is 0 Å². The Morgan fingerprint density at radius 2 is 1.93 bits per heavy atom. The van der Waals surface area contributed by atoms with Crippen molar-refractivity contribution in [1.29, 1.82) is 0 Å². The lowest BCUT2D eigenvalue weighted by Crippen LogP contribution is -2.43. The number of fused-ring (bicyclic) bond motifs is 1. The lowest BCUT2D eigenvalue weighted by Gasteiger charge is -2.27. The number of halogens is 2. The number of benzodiazepines with no additional fused rings is 1. The highest BCUT2D eigenvalue weighted by atomic mass is 35.5. The largest absolute Gasteiger partial charge is 0.378 e. The topological polar surface area (TPSA) is 74.2 Å². The maximum atomic E-state index is 14.6. The highest BCUT2D eigenvalue weighted by Gasteiger charge is 2.28. The minimum Gasteiger partial charge on any atom is -0.378 e. The number of anilines is 2. The normalized spacial score (nSPS) is 16.6. The van der Waals surface area contributed by atoms with E-state index < -0.39 is 5.82 Å². The van der Waals surface area contributed by atoms with E-state index in [1.54, 1.807) is 42.3 Å². The van der Waals surface area contributed by atoms with E-state index in [1.807, 2.05) is 0 Å². The van der Waals surface area contributed by atoms with E-state index in [-0.39, 0.29) is 34.8 Å². The van der Waals surface area contributed by atoms with Crippen LogP contribution in [0, 0.1) is 5.82 Å². The minimum atomic E-state index is -0.474. The molecule has 2 heterocycles. The van der Waals surface area contributed by atoms with E-state index in [2.05, 4.69) is 10.3 Å². The van der Waals surface area contributed by atoms with Gasteiger partial charge in [0.2, 0.25) is 5.91 Å². The van der Waals surface area contributed by atoms with Gasteiger partial charge in [-0.3, -0.25) is 9.79 Å². The summed E-state index contributed by atoms with van der Waals surface area (Å²) in [6.45, 7) is 1.77. The standard InChI is InChI=1S/C21H20ClFN4O3/c1-26-16-7-6-15(25-21(29)27-8-10-30-11-9-27)19(22)18(16)20(24-12-17(26)28)13-4-2-3-5-14(13)23/h2-7H,8-12H2,1H3,(H,25,29). The van der Waals surface area contributed by atoms with Crippen LogP contribution in [0.4, 0.5) is 20.6 Å². The monoisotopic (exact) mass is 430 g/mol. The Morgan fingerprint density at radius 1 is 1.20 bits per heavy atom. The van der Waals surface area contributed by atoms with Crippen LogP contribution in [0.1, 0.15) is 11.1 Å². The smallest absolute Gasteiger partial charge is 0.322 e. The number of benzene rings is 2. The molecule has 0 aromatic heterocycles. The van der Waals surface area contributed by atoms with Gasteiger partial charge in [-0.25, -0.2) is 9.18 Å². The van der Waals surface area contributed by atoms with Crippen molar-refractivity contribution in [2.75, 3.05) is 50.1 Å². The molecule has 30 heavy (non-hydrogen) atoms. The first-order chi connectivity index (χ1) is 14.5. The average molecular weight is 431 g/mol. The average Bonchev–Trinajstić information content (AvgIpc) is 2.88. The quantitative estimate of drug-likeness (QED) is 0.795. The molecule has 156 valence electrons. The molecular weight excluding hydrogens is 411 g/mol. The van der Waals surface area contributed by atoms with E-state index in [4.69, 9.17) is 16.3 Å². The summed E-state index contributed by atoms with van der Waals surface area (Å²) in [7, 11) is 1.61. The van der Waals surface area contributed by atoms with Crippen molar-refractivity contribution in [3.63, 3.8) is 0 Å². The zero-order chi connectivity index (χ0) is 21.3. The molecule has 0 bridgehead atoms. The second-order valence-corrected chi connectivity index (χ2v) is 7.33. The van der Waals surface area contributed by atoms with Crippen LogP contribution in [0.15, 0.2) is 41.4 Å². The summed E-state index contributed by atoms with van der Waals surface area (Å²) < 4.78 is 19.8. The number of likely N-dealkylation sites (N-methyl/N-ethyl adjacent to an activating group) is 1. The predicted octanol–water partition coefficient (Wildman–Crippen LogP) is 3.16.